The molecule has 1 aromatic rings. The molecule has 0 atom stereocenters. The van der Waals surface area contributed by atoms with Crippen molar-refractivity contribution in [1.82, 2.24) is 4.98 Å². The highest BCUT2D eigenvalue weighted by Crippen LogP contribution is 2.17. The summed E-state index contributed by atoms with van der Waals surface area (Å²) in [6.07, 6.45) is 6.44. The normalized spacial score (nSPS) is 9.33. The van der Waals surface area contributed by atoms with Crippen molar-refractivity contribution in [3.63, 3.8) is 0 Å². The molecule has 4 nitrogen and oxygen atoms in total. The molecule has 0 unspecified atom stereocenters. The summed E-state index contributed by atoms with van der Waals surface area (Å²) in [6, 6.07) is 1.06. The predicted octanol–water partition coefficient (Wildman–Crippen LogP) is 1.32. The second kappa shape index (κ2) is 4.96. The molecule has 1 N–H and O–H groups in total. The highest BCUT2D eigenvalue weighted by molar-refractivity contribution is 5.88. The van der Waals surface area contributed by atoms with Gasteiger partial charge in [0.1, 0.15) is 12.2 Å². The molecule has 0 aliphatic carbocycles. The topological polar surface area (TPSA) is 59.4 Å². The molecule has 0 fully saturated rings. The molecule has 0 saturated heterocycles. The average molecular weight is 209 g/mol. The summed E-state index contributed by atoms with van der Waals surface area (Å²) in [4.78, 5) is 14.1. The quantitative estimate of drug-likeness (QED) is 0.600. The van der Waals surface area contributed by atoms with Gasteiger partial charge in [0.05, 0.1) is 0 Å². The van der Waals surface area contributed by atoms with Gasteiger partial charge in [0.2, 0.25) is 0 Å². The summed E-state index contributed by atoms with van der Waals surface area (Å²) in [5.41, 5.74) is -0.472. The summed E-state index contributed by atoms with van der Waals surface area (Å²) >= 11 is 0. The molecule has 0 saturated carbocycles. The number of rotatable bonds is 4. The number of carbonyl (C=O) groups is 1. The minimum Gasteiger partial charge on any atom is -0.478 e. The summed E-state index contributed by atoms with van der Waals surface area (Å²) in [6.45, 7) is 0.101. The van der Waals surface area contributed by atoms with Crippen LogP contribution in [-0.2, 0) is 0 Å². The van der Waals surface area contributed by atoms with Crippen LogP contribution in [0, 0.1) is 18.2 Å². The fraction of sp³-hybridized carbons (Fsp3) is 0.200. The van der Waals surface area contributed by atoms with Crippen molar-refractivity contribution in [3.8, 4) is 18.2 Å². The third-order valence-corrected chi connectivity index (χ3v) is 1.57. The molecule has 1 rings (SSSR count). The molecular weight excluding hydrogens is 201 g/mol. The minimum absolute atomic E-state index is 0.101. The second-order valence-corrected chi connectivity index (χ2v) is 2.59. The SMILES string of the molecule is C#CCCOc1nccc(C(=O)O)c1F. The van der Waals surface area contributed by atoms with Gasteiger partial charge in [-0.25, -0.2) is 14.2 Å². The van der Waals surface area contributed by atoms with E-state index in [4.69, 9.17) is 16.3 Å². The van der Waals surface area contributed by atoms with Gasteiger partial charge < -0.3 is 9.84 Å². The number of halogens is 1. The van der Waals surface area contributed by atoms with E-state index in [-0.39, 0.29) is 12.5 Å². The van der Waals surface area contributed by atoms with Crippen LogP contribution in [0.5, 0.6) is 5.88 Å². The minimum atomic E-state index is -1.36. The Morgan fingerprint density at radius 3 is 3.07 bits per heavy atom. The van der Waals surface area contributed by atoms with Crippen molar-refractivity contribution in [3.05, 3.63) is 23.6 Å². The van der Waals surface area contributed by atoms with Gasteiger partial charge in [-0.2, -0.15) is 0 Å². The maximum absolute atomic E-state index is 13.3. The number of carboxylic acid groups (broad SMARTS) is 1. The lowest BCUT2D eigenvalue weighted by atomic mass is 10.2. The molecule has 0 aliphatic heterocycles. The predicted molar refractivity (Wildman–Crippen MR) is 50.1 cm³/mol. The summed E-state index contributed by atoms with van der Waals surface area (Å²) in [5.74, 6) is -0.388. The Morgan fingerprint density at radius 2 is 2.47 bits per heavy atom. The summed E-state index contributed by atoms with van der Waals surface area (Å²) < 4.78 is 18.2. The third-order valence-electron chi connectivity index (χ3n) is 1.57. The van der Waals surface area contributed by atoms with Crippen LogP contribution in [0.2, 0.25) is 0 Å². The lowest BCUT2D eigenvalue weighted by molar-refractivity contribution is 0.0690. The fourth-order valence-corrected chi connectivity index (χ4v) is 0.897. The van der Waals surface area contributed by atoms with Crippen molar-refractivity contribution in [2.24, 2.45) is 0 Å². The monoisotopic (exact) mass is 209 g/mol. The number of carboxylic acids is 1. The zero-order chi connectivity index (χ0) is 11.3. The average Bonchev–Trinajstić information content (AvgIpc) is 2.20. The van der Waals surface area contributed by atoms with Gasteiger partial charge in [0.15, 0.2) is 5.82 Å². The summed E-state index contributed by atoms with van der Waals surface area (Å²) in [7, 11) is 0. The van der Waals surface area contributed by atoms with E-state index in [0.29, 0.717) is 6.42 Å². The highest BCUT2D eigenvalue weighted by atomic mass is 19.1. The maximum atomic E-state index is 13.3. The molecule has 15 heavy (non-hydrogen) atoms. The van der Waals surface area contributed by atoms with Crippen LogP contribution < -0.4 is 4.74 Å². The number of pyridine rings is 1. The Balaban J connectivity index is 2.86. The van der Waals surface area contributed by atoms with E-state index >= 15 is 0 Å². The van der Waals surface area contributed by atoms with Crippen molar-refractivity contribution >= 4 is 5.97 Å². The molecular formula is C10H8FNO3. The van der Waals surface area contributed by atoms with Crippen LogP contribution in [0.4, 0.5) is 4.39 Å². The Morgan fingerprint density at radius 1 is 1.73 bits per heavy atom. The van der Waals surface area contributed by atoms with Crippen molar-refractivity contribution in [2.45, 2.75) is 6.42 Å². The molecule has 78 valence electrons. The van der Waals surface area contributed by atoms with E-state index in [1.165, 1.54) is 0 Å². The van der Waals surface area contributed by atoms with Gasteiger partial charge in [0.25, 0.3) is 5.88 Å². The first-order valence-electron chi connectivity index (χ1n) is 4.11. The van der Waals surface area contributed by atoms with Gasteiger partial charge in [0, 0.05) is 12.6 Å². The van der Waals surface area contributed by atoms with Crippen LogP contribution in [0.25, 0.3) is 0 Å². The van der Waals surface area contributed by atoms with Crippen LogP contribution in [0.15, 0.2) is 12.3 Å². The molecule has 5 heteroatoms. The standard InChI is InChI=1S/C10H8FNO3/c1-2-3-6-15-9-8(11)7(10(13)14)4-5-12-9/h1,4-5H,3,6H2,(H,13,14). The Kier molecular flexibility index (Phi) is 3.63. The van der Waals surface area contributed by atoms with Crippen LogP contribution >= 0.6 is 0 Å². The molecule has 1 aromatic heterocycles. The molecule has 0 amide bonds. The van der Waals surface area contributed by atoms with Crippen molar-refractivity contribution in [1.29, 1.82) is 0 Å². The zero-order valence-corrected chi connectivity index (χ0v) is 7.74. The first-order chi connectivity index (χ1) is 7.16. The van der Waals surface area contributed by atoms with Gasteiger partial charge in [-0.1, -0.05) is 0 Å². The molecule has 0 bridgehead atoms. The lowest BCUT2D eigenvalue weighted by Crippen LogP contribution is -2.06. The van der Waals surface area contributed by atoms with Crippen molar-refractivity contribution < 1.29 is 19.0 Å². The van der Waals surface area contributed by atoms with Gasteiger partial charge in [-0.3, -0.25) is 0 Å². The zero-order valence-electron chi connectivity index (χ0n) is 7.74. The largest absolute Gasteiger partial charge is 0.478 e. The number of hydrogen-bond donors (Lipinski definition) is 1. The van der Waals surface area contributed by atoms with E-state index in [1.54, 1.807) is 0 Å². The van der Waals surface area contributed by atoms with E-state index in [0.717, 1.165) is 12.3 Å². The van der Waals surface area contributed by atoms with Gasteiger partial charge in [-0.15, -0.1) is 12.3 Å². The smallest absolute Gasteiger partial charge is 0.338 e. The molecule has 0 aromatic carbocycles. The molecule has 0 spiro atoms. The second-order valence-electron chi connectivity index (χ2n) is 2.59. The van der Waals surface area contributed by atoms with E-state index in [9.17, 15) is 9.18 Å². The number of nitrogens with zero attached hydrogens (tertiary/aromatic N) is 1. The molecule has 0 radical (unpaired) electrons. The van der Waals surface area contributed by atoms with Gasteiger partial charge >= 0.3 is 5.97 Å². The first kappa shape index (κ1) is 11.0. The number of ether oxygens (including phenoxy) is 1. The van der Waals surface area contributed by atoms with Crippen molar-refractivity contribution in [2.75, 3.05) is 6.61 Å². The Hall–Kier alpha value is -2.09. The van der Waals surface area contributed by atoms with Crippen LogP contribution in [-0.4, -0.2) is 22.7 Å². The van der Waals surface area contributed by atoms with E-state index < -0.39 is 17.3 Å². The fourth-order valence-electron chi connectivity index (χ4n) is 0.897. The third kappa shape index (κ3) is 2.68. The summed E-state index contributed by atoms with van der Waals surface area (Å²) in [5, 5.41) is 8.61. The van der Waals surface area contributed by atoms with E-state index in [2.05, 4.69) is 10.9 Å². The van der Waals surface area contributed by atoms with Crippen LogP contribution in [0.1, 0.15) is 16.8 Å². The lowest BCUT2D eigenvalue weighted by Gasteiger charge is -2.05. The maximum Gasteiger partial charge on any atom is 0.338 e. The number of hydrogen-bond acceptors (Lipinski definition) is 3. The molecule has 1 heterocycles. The van der Waals surface area contributed by atoms with E-state index in [1.807, 2.05) is 0 Å². The number of terminal acetylenes is 1. The Labute approximate surface area is 85.7 Å². The highest BCUT2D eigenvalue weighted by Gasteiger charge is 2.15. The van der Waals surface area contributed by atoms with Gasteiger partial charge in [-0.05, 0) is 6.07 Å². The van der Waals surface area contributed by atoms with Crippen LogP contribution in [0.3, 0.4) is 0 Å². The number of aromatic nitrogens is 1. The Bertz CT molecular complexity index is 412. The molecule has 0 aliphatic rings. The first-order valence-corrected chi connectivity index (χ1v) is 4.11. The number of aromatic carboxylic acids is 1.